The lowest BCUT2D eigenvalue weighted by Gasteiger charge is -2.29. The summed E-state index contributed by atoms with van der Waals surface area (Å²) in [4.78, 5) is 34.3. The second kappa shape index (κ2) is 11.2. The van der Waals surface area contributed by atoms with Crippen molar-refractivity contribution in [3.63, 3.8) is 0 Å². The number of nitriles is 1. The molecule has 0 radical (unpaired) electrons. The molecule has 0 aliphatic rings. The number of nitrogens with zero attached hydrogens (tertiary/aromatic N) is 4. The normalized spacial score (nSPS) is 11.2. The molecule has 0 fully saturated rings. The molecule has 1 heterocycles. The van der Waals surface area contributed by atoms with Gasteiger partial charge < -0.3 is 9.80 Å². The van der Waals surface area contributed by atoms with Gasteiger partial charge in [-0.2, -0.15) is 5.26 Å². The number of rotatable bonds is 10. The second-order valence-electron chi connectivity index (χ2n) is 8.04. The standard InChI is InChI=1S/C25H34N4O2S/c1-7-28(8-2)22(30)14-25(17-26,15-23(31)29(9-3)10-4)24-27-21(16-32-24)20-13-18(5)11-12-19(20)6/h11-13,16H,7-10,14-15H2,1-6H3. The van der Waals surface area contributed by atoms with Crippen LogP contribution in [0.3, 0.4) is 0 Å². The van der Waals surface area contributed by atoms with Gasteiger partial charge in [0.25, 0.3) is 0 Å². The Hall–Kier alpha value is -2.72. The minimum Gasteiger partial charge on any atom is -0.343 e. The van der Waals surface area contributed by atoms with E-state index in [0.717, 1.165) is 22.4 Å². The summed E-state index contributed by atoms with van der Waals surface area (Å²) in [6.45, 7) is 14.0. The summed E-state index contributed by atoms with van der Waals surface area (Å²) in [5.74, 6) is -0.264. The maximum Gasteiger partial charge on any atom is 0.224 e. The summed E-state index contributed by atoms with van der Waals surface area (Å²) >= 11 is 1.35. The summed E-state index contributed by atoms with van der Waals surface area (Å²) in [7, 11) is 0. The SMILES string of the molecule is CCN(CC)C(=O)CC(C#N)(CC(=O)N(CC)CC)c1nc(-c2cc(C)ccc2C)cs1. The van der Waals surface area contributed by atoms with E-state index < -0.39 is 5.41 Å². The largest absolute Gasteiger partial charge is 0.343 e. The topological polar surface area (TPSA) is 77.3 Å². The molecule has 2 aromatic rings. The van der Waals surface area contributed by atoms with Crippen molar-refractivity contribution in [1.29, 1.82) is 5.26 Å². The molecule has 172 valence electrons. The Morgan fingerprint density at radius 2 is 1.53 bits per heavy atom. The average molecular weight is 455 g/mol. The van der Waals surface area contributed by atoms with E-state index in [4.69, 9.17) is 4.98 Å². The number of aromatic nitrogens is 1. The zero-order chi connectivity index (χ0) is 23.9. The molecule has 1 aromatic heterocycles. The van der Waals surface area contributed by atoms with Crippen LogP contribution >= 0.6 is 11.3 Å². The van der Waals surface area contributed by atoms with Crippen LogP contribution in [0.2, 0.25) is 0 Å². The van der Waals surface area contributed by atoms with E-state index >= 15 is 0 Å². The fraction of sp³-hybridized carbons (Fsp3) is 0.520. The van der Waals surface area contributed by atoms with Crippen LogP contribution in [0.4, 0.5) is 0 Å². The van der Waals surface area contributed by atoms with Gasteiger partial charge in [0.15, 0.2) is 0 Å². The van der Waals surface area contributed by atoms with Gasteiger partial charge in [-0.1, -0.05) is 17.7 Å². The molecule has 6 nitrogen and oxygen atoms in total. The Bertz CT molecular complexity index is 958. The molecular weight excluding hydrogens is 420 g/mol. The van der Waals surface area contributed by atoms with Crippen molar-refractivity contribution in [3.05, 3.63) is 39.7 Å². The zero-order valence-corrected chi connectivity index (χ0v) is 20.9. The third-order valence-electron chi connectivity index (χ3n) is 5.93. The van der Waals surface area contributed by atoms with Crippen molar-refractivity contribution in [2.45, 2.75) is 59.8 Å². The Kier molecular flexibility index (Phi) is 8.97. The molecule has 1 aromatic carbocycles. The Labute approximate surface area is 195 Å². The maximum absolute atomic E-state index is 13.0. The van der Waals surface area contributed by atoms with Gasteiger partial charge in [0, 0.05) is 37.1 Å². The number of carbonyl (C=O) groups excluding carboxylic acids is 2. The number of amides is 2. The quantitative estimate of drug-likeness (QED) is 0.521. The van der Waals surface area contributed by atoms with Crippen LogP contribution in [0.15, 0.2) is 23.6 Å². The van der Waals surface area contributed by atoms with E-state index in [2.05, 4.69) is 24.3 Å². The van der Waals surface area contributed by atoms with Gasteiger partial charge in [0.1, 0.15) is 10.4 Å². The highest BCUT2D eigenvalue weighted by Crippen LogP contribution is 2.37. The van der Waals surface area contributed by atoms with Gasteiger partial charge >= 0.3 is 0 Å². The van der Waals surface area contributed by atoms with Crippen molar-refractivity contribution in [2.75, 3.05) is 26.2 Å². The molecule has 0 saturated carbocycles. The first kappa shape index (κ1) is 25.5. The lowest BCUT2D eigenvalue weighted by atomic mass is 9.82. The minimum atomic E-state index is -1.29. The van der Waals surface area contributed by atoms with Crippen molar-refractivity contribution in [1.82, 2.24) is 14.8 Å². The van der Waals surface area contributed by atoms with Gasteiger partial charge in [0.2, 0.25) is 11.8 Å². The lowest BCUT2D eigenvalue weighted by Crippen LogP contribution is -2.41. The van der Waals surface area contributed by atoms with Crippen molar-refractivity contribution in [2.24, 2.45) is 0 Å². The van der Waals surface area contributed by atoms with Crippen molar-refractivity contribution < 1.29 is 9.59 Å². The average Bonchev–Trinajstić information content (AvgIpc) is 3.27. The molecule has 0 saturated heterocycles. The first-order valence-corrected chi connectivity index (χ1v) is 12.1. The molecule has 2 amide bonds. The molecule has 0 aliphatic carbocycles. The minimum absolute atomic E-state index is 0.0576. The fourth-order valence-corrected chi connectivity index (χ4v) is 4.83. The van der Waals surface area contributed by atoms with Crippen LogP contribution in [0.1, 0.15) is 56.7 Å². The summed E-state index contributed by atoms with van der Waals surface area (Å²) in [5.41, 5.74) is 2.70. The summed E-state index contributed by atoms with van der Waals surface area (Å²) in [6.07, 6.45) is -0.115. The molecule has 0 spiro atoms. The molecule has 0 aliphatic heterocycles. The van der Waals surface area contributed by atoms with Gasteiger partial charge in [0.05, 0.1) is 24.6 Å². The monoisotopic (exact) mass is 454 g/mol. The van der Waals surface area contributed by atoms with Crippen LogP contribution in [0, 0.1) is 25.2 Å². The van der Waals surface area contributed by atoms with Crippen LogP contribution < -0.4 is 0 Å². The third kappa shape index (κ3) is 5.55. The zero-order valence-electron chi connectivity index (χ0n) is 20.1. The number of aryl methyl sites for hydroxylation is 2. The maximum atomic E-state index is 13.0. The third-order valence-corrected chi connectivity index (χ3v) is 6.98. The Balaban J connectivity index is 2.54. The molecule has 0 unspecified atom stereocenters. The fourth-order valence-electron chi connectivity index (χ4n) is 3.86. The van der Waals surface area contributed by atoms with Crippen LogP contribution in [-0.2, 0) is 15.0 Å². The summed E-state index contributed by atoms with van der Waals surface area (Å²) < 4.78 is 0. The van der Waals surface area contributed by atoms with Crippen LogP contribution in [0.5, 0.6) is 0 Å². The van der Waals surface area contributed by atoms with E-state index in [0.29, 0.717) is 31.2 Å². The van der Waals surface area contributed by atoms with Gasteiger partial charge in [-0.3, -0.25) is 9.59 Å². The summed E-state index contributed by atoms with van der Waals surface area (Å²) in [5, 5.41) is 12.8. The van der Waals surface area contributed by atoms with E-state index in [9.17, 15) is 14.9 Å². The van der Waals surface area contributed by atoms with E-state index in [1.807, 2.05) is 46.9 Å². The van der Waals surface area contributed by atoms with Crippen LogP contribution in [0.25, 0.3) is 11.3 Å². The van der Waals surface area contributed by atoms with E-state index in [1.165, 1.54) is 11.3 Å². The molecule has 0 N–H and O–H groups in total. The predicted molar refractivity (Wildman–Crippen MR) is 129 cm³/mol. The molecule has 7 heteroatoms. The smallest absolute Gasteiger partial charge is 0.224 e. The second-order valence-corrected chi connectivity index (χ2v) is 8.89. The first-order valence-electron chi connectivity index (χ1n) is 11.3. The van der Waals surface area contributed by atoms with E-state index in [1.54, 1.807) is 9.80 Å². The highest BCUT2D eigenvalue weighted by molar-refractivity contribution is 7.10. The van der Waals surface area contributed by atoms with E-state index in [-0.39, 0.29) is 24.7 Å². The van der Waals surface area contributed by atoms with Crippen LogP contribution in [-0.4, -0.2) is 52.8 Å². The Morgan fingerprint density at radius 1 is 1.00 bits per heavy atom. The molecule has 32 heavy (non-hydrogen) atoms. The summed E-state index contributed by atoms with van der Waals surface area (Å²) in [6, 6.07) is 8.52. The Morgan fingerprint density at radius 3 is 2.00 bits per heavy atom. The highest BCUT2D eigenvalue weighted by Gasteiger charge is 2.42. The number of thiazole rings is 1. The number of hydrogen-bond acceptors (Lipinski definition) is 5. The molecule has 0 atom stereocenters. The first-order chi connectivity index (χ1) is 15.2. The predicted octanol–water partition coefficient (Wildman–Crippen LogP) is 4.71. The lowest BCUT2D eigenvalue weighted by molar-refractivity contribution is -0.134. The number of carbonyl (C=O) groups is 2. The number of benzene rings is 1. The van der Waals surface area contributed by atoms with Crippen molar-refractivity contribution in [3.8, 4) is 17.3 Å². The molecular formula is C25H34N4O2S. The van der Waals surface area contributed by atoms with Crippen molar-refractivity contribution >= 4 is 23.2 Å². The number of hydrogen-bond donors (Lipinski definition) is 0. The van der Waals surface area contributed by atoms with Gasteiger partial charge in [-0.25, -0.2) is 4.98 Å². The highest BCUT2D eigenvalue weighted by atomic mass is 32.1. The molecule has 0 bridgehead atoms. The molecule has 2 rings (SSSR count). The van der Waals surface area contributed by atoms with Gasteiger partial charge in [-0.15, -0.1) is 11.3 Å². The van der Waals surface area contributed by atoms with Gasteiger partial charge in [-0.05, 0) is 53.2 Å².